The lowest BCUT2D eigenvalue weighted by Gasteiger charge is -2.25. The van der Waals surface area contributed by atoms with E-state index in [-0.39, 0.29) is 0 Å². The number of hydrogen-bond acceptors (Lipinski definition) is 8. The lowest BCUT2D eigenvalue weighted by atomic mass is 10.3. The highest BCUT2D eigenvalue weighted by atomic mass is 28.4. The van der Waals surface area contributed by atoms with E-state index < -0.39 is 21.0 Å². The molecule has 0 radical (unpaired) electrons. The number of rotatable bonds is 16. The quantitative estimate of drug-likeness (QED) is 0.168. The smallest absolute Gasteiger partial charge is 0.462 e. The topological polar surface area (TPSA) is 89.5 Å². The predicted molar refractivity (Wildman–Crippen MR) is 102 cm³/mol. The van der Waals surface area contributed by atoms with Gasteiger partial charge in [0.1, 0.15) is 0 Å². The standard InChI is InChI=1S/C18H32O8Si/c1-15(2)17(19)23-11-7-9-13-25-27(21-5,22-6)26-14-10-8-12-24-18(20)16(3)4/h1,3,7-14H2,2,4-6H3. The second-order valence-corrected chi connectivity index (χ2v) is 8.25. The molecule has 0 aromatic carbocycles. The number of carbonyl (C=O) groups excluding carboxylic acids is 2. The van der Waals surface area contributed by atoms with Crippen molar-refractivity contribution in [2.24, 2.45) is 0 Å². The summed E-state index contributed by atoms with van der Waals surface area (Å²) in [6.07, 6.45) is 2.60. The summed E-state index contributed by atoms with van der Waals surface area (Å²) < 4.78 is 32.0. The maximum absolute atomic E-state index is 11.3. The second-order valence-electron chi connectivity index (χ2n) is 5.85. The maximum atomic E-state index is 11.3. The minimum Gasteiger partial charge on any atom is -0.462 e. The van der Waals surface area contributed by atoms with Crippen LogP contribution in [-0.2, 0) is 36.8 Å². The third kappa shape index (κ3) is 11.7. The van der Waals surface area contributed by atoms with Crippen molar-refractivity contribution in [1.29, 1.82) is 0 Å². The SMILES string of the molecule is C=C(C)C(=O)OCCCCO[Si](OC)(OC)OCCCCOC(=O)C(=C)C. The van der Waals surface area contributed by atoms with Crippen LogP contribution in [0.3, 0.4) is 0 Å². The fraction of sp³-hybridized carbons (Fsp3) is 0.667. The summed E-state index contributed by atoms with van der Waals surface area (Å²) in [6.45, 7) is 11.5. The van der Waals surface area contributed by atoms with E-state index in [1.807, 2.05) is 0 Å². The summed E-state index contributed by atoms with van der Waals surface area (Å²) in [6, 6.07) is 0. The summed E-state index contributed by atoms with van der Waals surface area (Å²) in [5.74, 6) is -0.795. The number of unbranched alkanes of at least 4 members (excludes halogenated alkanes) is 2. The molecule has 0 heterocycles. The zero-order valence-corrected chi connectivity index (χ0v) is 17.8. The lowest BCUT2D eigenvalue weighted by molar-refractivity contribution is -0.139. The molecule has 0 amide bonds. The molecule has 0 N–H and O–H groups in total. The average molecular weight is 405 g/mol. The molecule has 0 atom stereocenters. The van der Waals surface area contributed by atoms with E-state index in [0.717, 1.165) is 0 Å². The molecule has 0 aromatic rings. The minimum absolute atomic E-state index is 0.299. The number of ether oxygens (including phenoxy) is 2. The van der Waals surface area contributed by atoms with Gasteiger partial charge in [0.15, 0.2) is 0 Å². The maximum Gasteiger partial charge on any atom is 0.679 e. The van der Waals surface area contributed by atoms with Gasteiger partial charge in [-0.2, -0.15) is 0 Å². The molecule has 0 unspecified atom stereocenters. The molecule has 9 heteroatoms. The van der Waals surface area contributed by atoms with Crippen LogP contribution in [0.4, 0.5) is 0 Å². The van der Waals surface area contributed by atoms with Gasteiger partial charge in [0.25, 0.3) is 0 Å². The highest BCUT2D eigenvalue weighted by Gasteiger charge is 2.43. The van der Waals surface area contributed by atoms with E-state index in [9.17, 15) is 9.59 Å². The van der Waals surface area contributed by atoms with Gasteiger partial charge in [-0.1, -0.05) is 13.2 Å². The highest BCUT2D eigenvalue weighted by molar-refractivity contribution is 6.53. The Morgan fingerprint density at radius 3 is 1.33 bits per heavy atom. The fourth-order valence-electron chi connectivity index (χ4n) is 1.74. The molecule has 0 fully saturated rings. The van der Waals surface area contributed by atoms with Gasteiger partial charge in [0.05, 0.1) is 13.2 Å². The molecule has 156 valence electrons. The third-order valence-electron chi connectivity index (χ3n) is 3.30. The molecule has 27 heavy (non-hydrogen) atoms. The van der Waals surface area contributed by atoms with Gasteiger partial charge >= 0.3 is 21.0 Å². The van der Waals surface area contributed by atoms with Crippen LogP contribution in [-0.4, -0.2) is 61.6 Å². The monoisotopic (exact) mass is 404 g/mol. The molecular formula is C18H32O8Si. The Labute approximate surface area is 162 Å². The van der Waals surface area contributed by atoms with E-state index in [2.05, 4.69) is 13.2 Å². The van der Waals surface area contributed by atoms with E-state index in [0.29, 0.717) is 63.3 Å². The number of esters is 2. The molecule has 0 aliphatic carbocycles. The molecule has 0 saturated carbocycles. The van der Waals surface area contributed by atoms with Crippen molar-refractivity contribution >= 4 is 21.0 Å². The molecule has 0 aliphatic rings. The minimum atomic E-state index is -3.19. The zero-order chi connectivity index (χ0) is 20.7. The first-order chi connectivity index (χ1) is 12.8. The van der Waals surface area contributed by atoms with Crippen LogP contribution in [0.5, 0.6) is 0 Å². The Morgan fingerprint density at radius 2 is 1.04 bits per heavy atom. The van der Waals surface area contributed by atoms with Crippen molar-refractivity contribution in [2.75, 3.05) is 40.6 Å². The molecule has 0 aromatic heterocycles. The van der Waals surface area contributed by atoms with Crippen LogP contribution in [0.1, 0.15) is 39.5 Å². The summed E-state index contributed by atoms with van der Waals surface area (Å²) in [4.78, 5) is 22.5. The van der Waals surface area contributed by atoms with Gasteiger partial charge in [-0.15, -0.1) is 0 Å². The largest absolute Gasteiger partial charge is 0.679 e. The summed E-state index contributed by atoms with van der Waals surface area (Å²) in [5, 5.41) is 0. The molecule has 0 bridgehead atoms. The molecular weight excluding hydrogens is 372 g/mol. The summed E-state index contributed by atoms with van der Waals surface area (Å²) >= 11 is 0. The van der Waals surface area contributed by atoms with Crippen molar-refractivity contribution in [3.63, 3.8) is 0 Å². The van der Waals surface area contributed by atoms with Gasteiger partial charge in [-0.05, 0) is 39.5 Å². The van der Waals surface area contributed by atoms with Gasteiger partial charge in [0, 0.05) is 38.6 Å². The first kappa shape index (κ1) is 25.5. The van der Waals surface area contributed by atoms with Crippen LogP contribution < -0.4 is 0 Å². The first-order valence-electron chi connectivity index (χ1n) is 8.81. The first-order valence-corrected chi connectivity index (χ1v) is 10.4. The molecule has 0 spiro atoms. The summed E-state index contributed by atoms with van der Waals surface area (Å²) in [7, 11) is -0.244. The Morgan fingerprint density at radius 1 is 0.704 bits per heavy atom. The van der Waals surface area contributed by atoms with Crippen molar-refractivity contribution in [2.45, 2.75) is 39.5 Å². The van der Waals surface area contributed by atoms with Crippen molar-refractivity contribution in [1.82, 2.24) is 0 Å². The van der Waals surface area contributed by atoms with E-state index >= 15 is 0 Å². The van der Waals surface area contributed by atoms with Gasteiger partial charge in [-0.25, -0.2) is 9.59 Å². The highest BCUT2D eigenvalue weighted by Crippen LogP contribution is 2.12. The van der Waals surface area contributed by atoms with E-state index in [1.54, 1.807) is 13.8 Å². The molecule has 8 nitrogen and oxygen atoms in total. The Bertz CT molecular complexity index is 448. The van der Waals surface area contributed by atoms with Crippen molar-refractivity contribution < 1.29 is 36.8 Å². The fourth-order valence-corrected chi connectivity index (χ4v) is 3.25. The Balaban J connectivity index is 3.97. The summed E-state index contributed by atoms with van der Waals surface area (Å²) in [5.41, 5.74) is 0.749. The molecule has 0 aliphatic heterocycles. The van der Waals surface area contributed by atoms with Crippen LogP contribution in [0.15, 0.2) is 24.3 Å². The second kappa shape index (κ2) is 14.5. The van der Waals surface area contributed by atoms with Gasteiger partial charge < -0.3 is 27.2 Å². The van der Waals surface area contributed by atoms with E-state index in [4.69, 9.17) is 27.2 Å². The van der Waals surface area contributed by atoms with E-state index in [1.165, 1.54) is 14.2 Å². The number of hydrogen-bond donors (Lipinski definition) is 0. The van der Waals surface area contributed by atoms with Crippen LogP contribution >= 0.6 is 0 Å². The van der Waals surface area contributed by atoms with Crippen LogP contribution in [0.25, 0.3) is 0 Å². The molecule has 0 saturated heterocycles. The third-order valence-corrected chi connectivity index (χ3v) is 5.41. The van der Waals surface area contributed by atoms with Crippen LogP contribution in [0.2, 0.25) is 0 Å². The van der Waals surface area contributed by atoms with Gasteiger partial charge in [-0.3, -0.25) is 0 Å². The Hall–Kier alpha value is -1.52. The zero-order valence-electron chi connectivity index (χ0n) is 16.8. The normalized spacial score (nSPS) is 11.1. The van der Waals surface area contributed by atoms with Crippen LogP contribution in [0, 0.1) is 0 Å². The van der Waals surface area contributed by atoms with Crippen molar-refractivity contribution in [3.05, 3.63) is 24.3 Å². The molecule has 0 rings (SSSR count). The average Bonchev–Trinajstić information content (AvgIpc) is 2.64. The number of carbonyl (C=O) groups is 2. The lowest BCUT2D eigenvalue weighted by Crippen LogP contribution is -2.48. The van der Waals surface area contributed by atoms with Crippen molar-refractivity contribution in [3.8, 4) is 0 Å². The van der Waals surface area contributed by atoms with Gasteiger partial charge in [0.2, 0.25) is 0 Å². The predicted octanol–water partition coefficient (Wildman–Crippen LogP) is 2.55. The Kier molecular flexibility index (Phi) is 13.7.